The summed E-state index contributed by atoms with van der Waals surface area (Å²) in [6.07, 6.45) is 2.73. The minimum atomic E-state index is 0.536. The standard InChI is InChI=1S/C7H13NO2/c9-8-3-1-6(2-4-8)7-5-10-7/h6-7,9H,1-5H2. The second-order valence-corrected chi connectivity index (χ2v) is 3.16. The van der Waals surface area contributed by atoms with Crippen LogP contribution in [-0.2, 0) is 4.74 Å². The normalized spacial score (nSPS) is 36.3. The summed E-state index contributed by atoms with van der Waals surface area (Å²) < 4.78 is 5.18. The molecule has 1 N–H and O–H groups in total. The number of hydroxylamine groups is 2. The van der Waals surface area contributed by atoms with Crippen LogP contribution < -0.4 is 0 Å². The summed E-state index contributed by atoms with van der Waals surface area (Å²) in [5, 5.41) is 10.4. The Hall–Kier alpha value is -0.120. The van der Waals surface area contributed by atoms with E-state index in [9.17, 15) is 0 Å². The summed E-state index contributed by atoms with van der Waals surface area (Å²) in [5.74, 6) is 0.725. The van der Waals surface area contributed by atoms with Gasteiger partial charge in [-0.05, 0) is 18.8 Å². The molecule has 0 aromatic rings. The first kappa shape index (κ1) is 6.58. The predicted octanol–water partition coefficient (Wildman–Crippen LogP) is 0.486. The lowest BCUT2D eigenvalue weighted by Gasteiger charge is -2.25. The Kier molecular flexibility index (Phi) is 1.64. The predicted molar refractivity (Wildman–Crippen MR) is 35.8 cm³/mol. The highest BCUT2D eigenvalue weighted by Gasteiger charge is 2.34. The van der Waals surface area contributed by atoms with E-state index in [1.165, 1.54) is 5.06 Å². The Labute approximate surface area is 60.5 Å². The van der Waals surface area contributed by atoms with Crippen LogP contribution in [0.3, 0.4) is 0 Å². The van der Waals surface area contributed by atoms with Crippen LogP contribution in [0, 0.1) is 5.92 Å². The van der Waals surface area contributed by atoms with Gasteiger partial charge in [0.15, 0.2) is 0 Å². The van der Waals surface area contributed by atoms with Gasteiger partial charge in [-0.1, -0.05) is 0 Å². The summed E-state index contributed by atoms with van der Waals surface area (Å²) in [5.41, 5.74) is 0. The van der Waals surface area contributed by atoms with Crippen molar-refractivity contribution in [2.45, 2.75) is 18.9 Å². The van der Waals surface area contributed by atoms with Crippen molar-refractivity contribution in [1.82, 2.24) is 5.06 Å². The fraction of sp³-hybridized carbons (Fsp3) is 1.00. The first-order valence-electron chi connectivity index (χ1n) is 3.91. The van der Waals surface area contributed by atoms with E-state index in [0.29, 0.717) is 6.10 Å². The lowest BCUT2D eigenvalue weighted by Crippen LogP contribution is -2.32. The quantitative estimate of drug-likeness (QED) is 0.542. The van der Waals surface area contributed by atoms with Crippen LogP contribution in [0.1, 0.15) is 12.8 Å². The molecule has 2 aliphatic rings. The molecule has 2 heterocycles. The number of rotatable bonds is 1. The van der Waals surface area contributed by atoms with E-state index in [-0.39, 0.29) is 0 Å². The number of hydrogen-bond acceptors (Lipinski definition) is 3. The highest BCUT2D eigenvalue weighted by atomic mass is 16.6. The largest absolute Gasteiger partial charge is 0.373 e. The lowest BCUT2D eigenvalue weighted by molar-refractivity contribution is -0.113. The zero-order chi connectivity index (χ0) is 6.97. The van der Waals surface area contributed by atoms with Crippen molar-refractivity contribution < 1.29 is 9.94 Å². The first-order valence-corrected chi connectivity index (χ1v) is 3.91. The Morgan fingerprint density at radius 2 is 1.90 bits per heavy atom. The molecule has 0 bridgehead atoms. The molecule has 2 saturated heterocycles. The molecule has 0 aliphatic carbocycles. The molecule has 1 atom stereocenters. The SMILES string of the molecule is ON1CCC(C2CO2)CC1. The number of nitrogens with zero attached hydrogens (tertiary/aromatic N) is 1. The van der Waals surface area contributed by atoms with E-state index in [1.54, 1.807) is 0 Å². The van der Waals surface area contributed by atoms with Crippen molar-refractivity contribution in [3.63, 3.8) is 0 Å². The van der Waals surface area contributed by atoms with Gasteiger partial charge >= 0.3 is 0 Å². The van der Waals surface area contributed by atoms with E-state index < -0.39 is 0 Å². The minimum absolute atomic E-state index is 0.536. The molecule has 3 heteroatoms. The van der Waals surface area contributed by atoms with Gasteiger partial charge in [-0.15, -0.1) is 0 Å². The number of ether oxygens (including phenoxy) is 1. The molecular formula is C7H13NO2. The smallest absolute Gasteiger partial charge is 0.0839 e. The van der Waals surface area contributed by atoms with E-state index in [2.05, 4.69) is 0 Å². The summed E-state index contributed by atoms with van der Waals surface area (Å²) >= 11 is 0. The molecule has 1 unspecified atom stereocenters. The molecule has 0 saturated carbocycles. The highest BCUT2D eigenvalue weighted by Crippen LogP contribution is 2.28. The van der Waals surface area contributed by atoms with Crippen LogP contribution in [0.2, 0.25) is 0 Å². The monoisotopic (exact) mass is 143 g/mol. The van der Waals surface area contributed by atoms with Crippen molar-refractivity contribution in [2.24, 2.45) is 5.92 Å². The summed E-state index contributed by atoms with van der Waals surface area (Å²) in [4.78, 5) is 0. The Balaban J connectivity index is 1.79. The van der Waals surface area contributed by atoms with Crippen LogP contribution >= 0.6 is 0 Å². The molecular weight excluding hydrogens is 130 g/mol. The summed E-state index contributed by atoms with van der Waals surface area (Å²) in [7, 11) is 0. The van der Waals surface area contributed by atoms with Crippen molar-refractivity contribution in [3.8, 4) is 0 Å². The second-order valence-electron chi connectivity index (χ2n) is 3.16. The fourth-order valence-electron chi connectivity index (χ4n) is 1.59. The first-order chi connectivity index (χ1) is 4.86. The molecule has 0 spiro atoms. The Morgan fingerprint density at radius 3 is 2.40 bits per heavy atom. The van der Waals surface area contributed by atoms with Gasteiger partial charge in [-0.2, -0.15) is 5.06 Å². The molecule has 0 radical (unpaired) electrons. The van der Waals surface area contributed by atoms with E-state index in [4.69, 9.17) is 9.94 Å². The molecule has 58 valence electrons. The zero-order valence-corrected chi connectivity index (χ0v) is 5.99. The number of piperidine rings is 1. The van der Waals surface area contributed by atoms with Gasteiger partial charge < -0.3 is 9.94 Å². The van der Waals surface area contributed by atoms with E-state index in [0.717, 1.165) is 38.5 Å². The maximum Gasteiger partial charge on any atom is 0.0839 e. The second kappa shape index (κ2) is 2.49. The molecule has 2 fully saturated rings. The van der Waals surface area contributed by atoms with Crippen LogP contribution in [0.5, 0.6) is 0 Å². The maximum absolute atomic E-state index is 9.02. The van der Waals surface area contributed by atoms with Crippen LogP contribution in [0.15, 0.2) is 0 Å². The molecule has 0 amide bonds. The molecule has 2 rings (SSSR count). The van der Waals surface area contributed by atoms with Crippen LogP contribution in [0.4, 0.5) is 0 Å². The lowest BCUT2D eigenvalue weighted by atomic mass is 9.95. The van der Waals surface area contributed by atoms with Gasteiger partial charge in [0, 0.05) is 13.1 Å². The van der Waals surface area contributed by atoms with Crippen LogP contribution in [0.25, 0.3) is 0 Å². The molecule has 0 aromatic carbocycles. The molecule has 10 heavy (non-hydrogen) atoms. The molecule has 0 aromatic heterocycles. The fourth-order valence-corrected chi connectivity index (χ4v) is 1.59. The minimum Gasteiger partial charge on any atom is -0.373 e. The van der Waals surface area contributed by atoms with Crippen molar-refractivity contribution in [1.29, 1.82) is 0 Å². The third-order valence-corrected chi connectivity index (χ3v) is 2.40. The van der Waals surface area contributed by atoms with E-state index >= 15 is 0 Å². The van der Waals surface area contributed by atoms with Gasteiger partial charge in [0.2, 0.25) is 0 Å². The average molecular weight is 143 g/mol. The van der Waals surface area contributed by atoms with Crippen LogP contribution in [-0.4, -0.2) is 36.1 Å². The average Bonchev–Trinajstić information content (AvgIpc) is 2.71. The van der Waals surface area contributed by atoms with E-state index in [1.807, 2.05) is 0 Å². The van der Waals surface area contributed by atoms with Gasteiger partial charge in [-0.25, -0.2) is 0 Å². The topological polar surface area (TPSA) is 36.0 Å². The van der Waals surface area contributed by atoms with Gasteiger partial charge in [0.05, 0.1) is 12.7 Å². The highest BCUT2D eigenvalue weighted by molar-refractivity contribution is 4.82. The summed E-state index contributed by atoms with van der Waals surface area (Å²) in [6, 6.07) is 0. The third kappa shape index (κ3) is 1.31. The van der Waals surface area contributed by atoms with Gasteiger partial charge in [0.25, 0.3) is 0 Å². The van der Waals surface area contributed by atoms with Gasteiger partial charge in [-0.3, -0.25) is 0 Å². The maximum atomic E-state index is 9.02. The number of epoxide rings is 1. The van der Waals surface area contributed by atoms with Crippen molar-refractivity contribution in [2.75, 3.05) is 19.7 Å². The van der Waals surface area contributed by atoms with Crippen molar-refractivity contribution in [3.05, 3.63) is 0 Å². The molecule has 3 nitrogen and oxygen atoms in total. The zero-order valence-electron chi connectivity index (χ0n) is 5.99. The number of hydrogen-bond donors (Lipinski definition) is 1. The van der Waals surface area contributed by atoms with Gasteiger partial charge in [0.1, 0.15) is 0 Å². The summed E-state index contributed by atoms with van der Waals surface area (Å²) in [6.45, 7) is 2.60. The van der Waals surface area contributed by atoms with Crippen molar-refractivity contribution >= 4 is 0 Å². The molecule has 2 aliphatic heterocycles. The Bertz CT molecular complexity index is 117. The Morgan fingerprint density at radius 1 is 1.30 bits per heavy atom. The third-order valence-electron chi connectivity index (χ3n) is 2.40.